The van der Waals surface area contributed by atoms with Gasteiger partial charge in [-0.25, -0.2) is 0 Å². The summed E-state index contributed by atoms with van der Waals surface area (Å²) in [6.07, 6.45) is 3.16. The van der Waals surface area contributed by atoms with E-state index in [4.69, 9.17) is 0 Å². The highest BCUT2D eigenvalue weighted by molar-refractivity contribution is 8.02. The first-order valence-electron chi connectivity index (χ1n) is 7.30. The van der Waals surface area contributed by atoms with E-state index in [0.29, 0.717) is 0 Å². The first-order chi connectivity index (χ1) is 9.86. The Morgan fingerprint density at radius 3 is 1.91 bits per heavy atom. The molecule has 1 aromatic rings. The van der Waals surface area contributed by atoms with Crippen molar-refractivity contribution >= 4 is 20.2 Å². The Balaban J connectivity index is 3.44. The Morgan fingerprint density at radius 2 is 1.50 bits per heavy atom. The van der Waals surface area contributed by atoms with E-state index in [9.17, 15) is 9.00 Å². The number of ketones is 1. The third-order valence-electron chi connectivity index (χ3n) is 3.31. The van der Waals surface area contributed by atoms with Crippen LogP contribution in [0.5, 0.6) is 0 Å². The molecule has 22 heavy (non-hydrogen) atoms. The summed E-state index contributed by atoms with van der Waals surface area (Å²) < 4.78 is 12.6. The van der Waals surface area contributed by atoms with E-state index in [2.05, 4.69) is 11.8 Å². The van der Waals surface area contributed by atoms with E-state index in [0.717, 1.165) is 5.56 Å². The maximum absolute atomic E-state index is 13.0. The first kappa shape index (κ1) is 18.5. The predicted octanol–water partition coefficient (Wildman–Crippen LogP) is 3.30. The van der Waals surface area contributed by atoms with Gasteiger partial charge in [0, 0.05) is 17.9 Å². The van der Waals surface area contributed by atoms with Crippen LogP contribution in [0.25, 0.3) is 0 Å². The molecule has 0 N–H and O–H groups in total. The molecule has 0 aromatic heterocycles. The molecule has 2 nitrogen and oxygen atoms in total. The quantitative estimate of drug-likeness (QED) is 0.633. The van der Waals surface area contributed by atoms with E-state index in [1.807, 2.05) is 65.0 Å². The second-order valence-electron chi connectivity index (χ2n) is 7.38. The SMILES string of the molecule is CC(C)(C)C#CC(C(=O)C(C)(C)c1ccccc1)=S(C)(C)=O. The van der Waals surface area contributed by atoms with Crippen molar-refractivity contribution in [3.8, 4) is 11.8 Å². The van der Waals surface area contributed by atoms with Gasteiger partial charge in [-0.1, -0.05) is 42.2 Å². The summed E-state index contributed by atoms with van der Waals surface area (Å²) in [6.45, 7) is 9.62. The fourth-order valence-electron chi connectivity index (χ4n) is 1.92. The van der Waals surface area contributed by atoms with Crippen LogP contribution in [0.1, 0.15) is 40.2 Å². The average molecular weight is 318 g/mol. The first-order valence-corrected chi connectivity index (χ1v) is 9.68. The van der Waals surface area contributed by atoms with Crippen LogP contribution in [0.4, 0.5) is 0 Å². The molecule has 0 saturated heterocycles. The number of rotatable bonds is 3. The number of carbonyl (C=O) groups is 1. The van der Waals surface area contributed by atoms with E-state index >= 15 is 0 Å². The number of carbonyl (C=O) groups excluding carboxylic acids is 1. The van der Waals surface area contributed by atoms with Gasteiger partial charge >= 0.3 is 0 Å². The summed E-state index contributed by atoms with van der Waals surface area (Å²) in [4.78, 5) is 13.2. The van der Waals surface area contributed by atoms with Crippen LogP contribution >= 0.6 is 0 Å². The Bertz CT molecular complexity index is 721. The summed E-state index contributed by atoms with van der Waals surface area (Å²) in [5, 5.41) is 0. The lowest BCUT2D eigenvalue weighted by atomic mass is 9.79. The molecule has 0 saturated carbocycles. The minimum atomic E-state index is -2.43. The fourth-order valence-corrected chi connectivity index (χ4v) is 2.92. The molecule has 0 unspecified atom stereocenters. The van der Waals surface area contributed by atoms with Gasteiger partial charge in [0.15, 0.2) is 5.78 Å². The molecular weight excluding hydrogens is 292 g/mol. The Labute approximate surface area is 135 Å². The van der Waals surface area contributed by atoms with Crippen LogP contribution in [0.15, 0.2) is 30.3 Å². The topological polar surface area (TPSA) is 34.1 Å². The molecule has 0 radical (unpaired) electrons. The van der Waals surface area contributed by atoms with Crippen molar-refractivity contribution in [2.75, 3.05) is 12.5 Å². The normalized spacial score (nSPS) is 12.3. The molecule has 1 aromatic carbocycles. The van der Waals surface area contributed by atoms with Crippen LogP contribution in [-0.4, -0.2) is 27.4 Å². The minimum Gasteiger partial charge on any atom is -0.292 e. The van der Waals surface area contributed by atoms with Gasteiger partial charge in [0.05, 0.1) is 5.41 Å². The number of hydrogen-bond donors (Lipinski definition) is 0. The van der Waals surface area contributed by atoms with Gasteiger partial charge in [0.1, 0.15) is 4.86 Å². The molecular formula is C19H26O2S. The van der Waals surface area contributed by atoms with Crippen molar-refractivity contribution in [2.24, 2.45) is 5.41 Å². The summed E-state index contributed by atoms with van der Waals surface area (Å²) in [6, 6.07) is 9.55. The largest absolute Gasteiger partial charge is 0.292 e. The molecule has 1 rings (SSSR count). The van der Waals surface area contributed by atoms with Gasteiger partial charge in [-0.05, 0) is 49.7 Å². The maximum Gasteiger partial charge on any atom is 0.189 e. The molecule has 0 fully saturated rings. The Kier molecular flexibility index (Phi) is 5.30. The molecule has 0 heterocycles. The highest BCUT2D eigenvalue weighted by Crippen LogP contribution is 2.25. The molecule has 120 valence electrons. The number of Topliss-reactive ketones (excluding diaryl/α,β-unsaturated/α-hetero) is 1. The summed E-state index contributed by atoms with van der Waals surface area (Å²) in [5.74, 6) is 5.80. The number of hydrogen-bond acceptors (Lipinski definition) is 2. The molecule has 0 spiro atoms. The Hall–Kier alpha value is -1.53. The highest BCUT2D eigenvalue weighted by atomic mass is 32.2. The van der Waals surface area contributed by atoms with Crippen molar-refractivity contribution in [3.05, 3.63) is 35.9 Å². The average Bonchev–Trinajstić information content (AvgIpc) is 2.36. The van der Waals surface area contributed by atoms with E-state index in [-0.39, 0.29) is 16.1 Å². The molecule has 3 heteroatoms. The zero-order chi connectivity index (χ0) is 17.2. The third-order valence-corrected chi connectivity index (χ3v) is 4.58. The van der Waals surface area contributed by atoms with Gasteiger partial charge in [0.2, 0.25) is 0 Å². The zero-order valence-corrected chi connectivity index (χ0v) is 15.4. The molecule has 0 amide bonds. The maximum atomic E-state index is 13.0. The zero-order valence-electron chi connectivity index (χ0n) is 14.6. The van der Waals surface area contributed by atoms with Gasteiger partial charge in [-0.3, -0.25) is 9.00 Å². The van der Waals surface area contributed by atoms with Crippen LogP contribution in [0, 0.1) is 17.3 Å². The van der Waals surface area contributed by atoms with Gasteiger partial charge in [-0.15, -0.1) is 0 Å². The van der Waals surface area contributed by atoms with E-state index in [1.165, 1.54) is 0 Å². The second kappa shape index (κ2) is 6.30. The molecule has 0 aliphatic heterocycles. The number of benzene rings is 1. The van der Waals surface area contributed by atoms with Gasteiger partial charge in [-0.2, -0.15) is 0 Å². The van der Waals surface area contributed by atoms with Crippen molar-refractivity contribution < 1.29 is 9.00 Å². The van der Waals surface area contributed by atoms with Crippen LogP contribution in [0.2, 0.25) is 0 Å². The molecule has 0 atom stereocenters. The smallest absolute Gasteiger partial charge is 0.189 e. The molecule has 0 aliphatic rings. The lowest BCUT2D eigenvalue weighted by molar-refractivity contribution is -0.116. The van der Waals surface area contributed by atoms with Crippen molar-refractivity contribution in [3.63, 3.8) is 0 Å². The van der Waals surface area contributed by atoms with Crippen molar-refractivity contribution in [2.45, 2.75) is 40.0 Å². The highest BCUT2D eigenvalue weighted by Gasteiger charge is 2.33. The summed E-state index contributed by atoms with van der Waals surface area (Å²) >= 11 is 0. The monoisotopic (exact) mass is 318 g/mol. The third kappa shape index (κ3) is 4.74. The standard InChI is InChI=1S/C19H26O2S/c1-18(2,3)14-13-16(22(6,7)21)17(20)19(4,5)15-11-9-8-10-12-15/h8-12H,1-7H3. The Morgan fingerprint density at radius 1 is 1.00 bits per heavy atom. The summed E-state index contributed by atoms with van der Waals surface area (Å²) in [5.41, 5.74) is -0.0935. The van der Waals surface area contributed by atoms with Crippen LogP contribution < -0.4 is 0 Å². The van der Waals surface area contributed by atoms with E-state index in [1.54, 1.807) is 12.5 Å². The predicted molar refractivity (Wildman–Crippen MR) is 96.7 cm³/mol. The van der Waals surface area contributed by atoms with Crippen molar-refractivity contribution in [1.29, 1.82) is 0 Å². The minimum absolute atomic E-state index is 0.162. The molecule has 0 bridgehead atoms. The second-order valence-corrected chi connectivity index (χ2v) is 10.3. The van der Waals surface area contributed by atoms with Crippen LogP contribution in [0.3, 0.4) is 0 Å². The van der Waals surface area contributed by atoms with Crippen LogP contribution in [-0.2, 0) is 19.7 Å². The van der Waals surface area contributed by atoms with E-state index < -0.39 is 14.9 Å². The lowest BCUT2D eigenvalue weighted by Crippen LogP contribution is -2.37. The van der Waals surface area contributed by atoms with Gasteiger partial charge < -0.3 is 0 Å². The lowest BCUT2D eigenvalue weighted by Gasteiger charge is -2.24. The molecule has 0 aliphatic carbocycles. The van der Waals surface area contributed by atoms with Gasteiger partial charge in [0.25, 0.3) is 0 Å². The fraction of sp³-hybridized carbons (Fsp3) is 0.474. The summed E-state index contributed by atoms with van der Waals surface area (Å²) in [7, 11) is -2.43. The van der Waals surface area contributed by atoms with Crippen molar-refractivity contribution in [1.82, 2.24) is 0 Å².